The number of benzene rings is 3. The van der Waals surface area contributed by atoms with E-state index >= 15 is 0 Å². The first-order valence-corrected chi connectivity index (χ1v) is 10.6. The van der Waals surface area contributed by atoms with Crippen LogP contribution in [0.25, 0.3) is 21.8 Å². The van der Waals surface area contributed by atoms with Crippen molar-refractivity contribution < 1.29 is 27.5 Å². The molecule has 1 aromatic heterocycles. The van der Waals surface area contributed by atoms with Crippen LogP contribution in [-0.4, -0.2) is 14.4 Å². The fourth-order valence-electron chi connectivity index (χ4n) is 3.68. The van der Waals surface area contributed by atoms with Crippen LogP contribution < -0.4 is 0 Å². The summed E-state index contributed by atoms with van der Waals surface area (Å²) in [6, 6.07) is 17.9. The number of hydrogen-bond donors (Lipinski definition) is 2. The maximum absolute atomic E-state index is 13.6. The Morgan fingerprint density at radius 2 is 1.45 bits per heavy atom. The van der Waals surface area contributed by atoms with Gasteiger partial charge in [-0.05, 0) is 29.3 Å². The maximum Gasteiger partial charge on any atom is 0.417 e. The Bertz CT molecular complexity index is 1240. The van der Waals surface area contributed by atoms with Gasteiger partial charge in [-0.3, -0.25) is 4.57 Å². The molecule has 8 heteroatoms. The molecule has 0 aliphatic rings. The minimum atomic E-state index is -4.46. The zero-order valence-corrected chi connectivity index (χ0v) is 16.0. The summed E-state index contributed by atoms with van der Waals surface area (Å²) in [5.74, 6) is 0. The molecule has 2 N–H and O–H groups in total. The molecule has 150 valence electrons. The van der Waals surface area contributed by atoms with Gasteiger partial charge >= 0.3 is 13.8 Å². The second-order valence-corrected chi connectivity index (χ2v) is 8.59. The van der Waals surface area contributed by atoms with Crippen molar-refractivity contribution in [2.24, 2.45) is 0 Å². The average Bonchev–Trinajstić information content (AvgIpc) is 2.95. The van der Waals surface area contributed by atoms with Gasteiger partial charge < -0.3 is 14.4 Å². The van der Waals surface area contributed by atoms with Crippen LogP contribution in [0.2, 0.25) is 0 Å². The number of nitrogens with zero attached hydrogens (tertiary/aromatic N) is 1. The van der Waals surface area contributed by atoms with Gasteiger partial charge in [-0.25, -0.2) is 0 Å². The van der Waals surface area contributed by atoms with Gasteiger partial charge in [-0.15, -0.1) is 0 Å². The molecule has 0 fully saturated rings. The third kappa shape index (κ3) is 3.94. The third-order valence-electron chi connectivity index (χ3n) is 4.86. The molecule has 0 saturated heterocycles. The maximum atomic E-state index is 13.6. The van der Waals surface area contributed by atoms with Gasteiger partial charge in [-0.1, -0.05) is 48.5 Å². The molecule has 29 heavy (non-hydrogen) atoms. The lowest BCUT2D eigenvalue weighted by molar-refractivity contribution is -0.136. The van der Waals surface area contributed by atoms with Gasteiger partial charge in [-0.2, -0.15) is 13.2 Å². The number of fused-ring (bicyclic) bond motifs is 3. The molecule has 0 atom stereocenters. The van der Waals surface area contributed by atoms with Gasteiger partial charge in [0, 0.05) is 22.8 Å². The van der Waals surface area contributed by atoms with Crippen LogP contribution in [0.15, 0.2) is 66.7 Å². The standard InChI is InChI=1S/C21H17F3NO3P/c22-21(23,24)17-5-3-7-19-20(17)16-4-1-2-6-18(16)25(19)12-14-8-10-15(11-9-14)13-29(26,27)28/h1-11H,12-13H2,(H2,26,27,28). The average molecular weight is 419 g/mol. The highest BCUT2D eigenvalue weighted by atomic mass is 31.2. The van der Waals surface area contributed by atoms with Crippen LogP contribution in [0, 0.1) is 0 Å². The molecule has 0 aliphatic carbocycles. The second-order valence-electron chi connectivity index (χ2n) is 6.94. The Hall–Kier alpha value is -2.60. The van der Waals surface area contributed by atoms with Crippen LogP contribution in [0.4, 0.5) is 13.2 Å². The normalized spacial score (nSPS) is 12.7. The monoisotopic (exact) mass is 419 g/mol. The third-order valence-corrected chi connectivity index (χ3v) is 5.63. The van der Waals surface area contributed by atoms with Crippen molar-refractivity contribution >= 4 is 29.4 Å². The minimum absolute atomic E-state index is 0.175. The number of halogens is 3. The quantitative estimate of drug-likeness (QED) is 0.427. The second kappa shape index (κ2) is 7.02. The number of alkyl halides is 3. The van der Waals surface area contributed by atoms with Crippen molar-refractivity contribution in [2.75, 3.05) is 0 Å². The highest BCUT2D eigenvalue weighted by Gasteiger charge is 2.34. The summed E-state index contributed by atoms with van der Waals surface area (Å²) < 4.78 is 53.7. The van der Waals surface area contributed by atoms with E-state index in [0.717, 1.165) is 11.6 Å². The van der Waals surface area contributed by atoms with Crippen molar-refractivity contribution in [1.82, 2.24) is 4.57 Å². The van der Waals surface area contributed by atoms with E-state index in [-0.39, 0.29) is 11.5 Å². The van der Waals surface area contributed by atoms with Gasteiger partial charge in [0.25, 0.3) is 0 Å². The van der Waals surface area contributed by atoms with Crippen LogP contribution in [0.3, 0.4) is 0 Å². The van der Waals surface area contributed by atoms with E-state index in [2.05, 4.69) is 0 Å². The van der Waals surface area contributed by atoms with Gasteiger partial charge in [0.05, 0.1) is 17.2 Å². The summed E-state index contributed by atoms with van der Waals surface area (Å²) in [5, 5.41) is 0.710. The summed E-state index contributed by atoms with van der Waals surface area (Å²) in [6.45, 7) is 0.335. The highest BCUT2D eigenvalue weighted by Crippen LogP contribution is 2.40. The van der Waals surface area contributed by atoms with Crippen molar-refractivity contribution in [3.8, 4) is 0 Å². The largest absolute Gasteiger partial charge is 0.417 e. The zero-order valence-electron chi connectivity index (χ0n) is 15.1. The molecule has 0 spiro atoms. The summed E-state index contributed by atoms with van der Waals surface area (Å²) >= 11 is 0. The predicted octanol–water partition coefficient (Wildman–Crippen LogP) is 5.54. The Labute approximate surface area is 164 Å². The van der Waals surface area contributed by atoms with Crippen molar-refractivity contribution in [1.29, 1.82) is 0 Å². The molecule has 0 bridgehead atoms. The molecule has 4 nitrogen and oxygen atoms in total. The molecule has 4 rings (SSSR count). The van der Waals surface area contributed by atoms with Crippen molar-refractivity contribution in [2.45, 2.75) is 18.9 Å². The molecule has 0 unspecified atom stereocenters. The van der Waals surface area contributed by atoms with Crippen LogP contribution >= 0.6 is 7.60 Å². The summed E-state index contributed by atoms with van der Waals surface area (Å²) in [4.78, 5) is 18.2. The molecule has 0 saturated carbocycles. The van der Waals surface area contributed by atoms with Gasteiger partial charge in [0.1, 0.15) is 0 Å². The van der Waals surface area contributed by atoms with E-state index in [1.807, 2.05) is 4.57 Å². The Kier molecular flexibility index (Phi) is 4.77. The van der Waals surface area contributed by atoms with E-state index in [9.17, 15) is 17.7 Å². The highest BCUT2D eigenvalue weighted by molar-refractivity contribution is 7.50. The predicted molar refractivity (Wildman–Crippen MR) is 106 cm³/mol. The fourth-order valence-corrected chi connectivity index (χ4v) is 4.36. The zero-order chi connectivity index (χ0) is 20.8. The molecule has 0 radical (unpaired) electrons. The minimum Gasteiger partial charge on any atom is -0.336 e. The Morgan fingerprint density at radius 1 is 0.828 bits per heavy atom. The van der Waals surface area contributed by atoms with Crippen LogP contribution in [0.5, 0.6) is 0 Å². The lowest BCUT2D eigenvalue weighted by Crippen LogP contribution is -2.05. The van der Waals surface area contributed by atoms with E-state index in [1.165, 1.54) is 6.07 Å². The lowest BCUT2D eigenvalue weighted by Gasteiger charge is -2.11. The van der Waals surface area contributed by atoms with Crippen LogP contribution in [-0.2, 0) is 23.4 Å². The molecule has 4 aromatic rings. The summed E-state index contributed by atoms with van der Waals surface area (Å²) in [7, 11) is -4.16. The SMILES string of the molecule is O=P(O)(O)Cc1ccc(Cn2c3ccccc3c3c(C(F)(F)F)cccc32)cc1. The molecule has 1 heterocycles. The summed E-state index contributed by atoms with van der Waals surface area (Å²) in [5.41, 5.74) is 1.84. The number of hydrogen-bond acceptors (Lipinski definition) is 1. The van der Waals surface area contributed by atoms with Gasteiger partial charge in [0.15, 0.2) is 0 Å². The molecule has 3 aromatic carbocycles. The fraction of sp³-hybridized carbons (Fsp3) is 0.143. The van der Waals surface area contributed by atoms with Gasteiger partial charge in [0.2, 0.25) is 0 Å². The Morgan fingerprint density at radius 3 is 2.10 bits per heavy atom. The first-order chi connectivity index (χ1) is 13.6. The molecular formula is C21H17F3NO3P. The van der Waals surface area contributed by atoms with Crippen molar-refractivity contribution in [3.05, 3.63) is 83.4 Å². The Balaban J connectivity index is 1.83. The van der Waals surface area contributed by atoms with E-state index in [4.69, 9.17) is 9.79 Å². The van der Waals surface area contributed by atoms with E-state index < -0.39 is 19.3 Å². The smallest absolute Gasteiger partial charge is 0.336 e. The molecular weight excluding hydrogens is 402 g/mol. The first-order valence-electron chi connectivity index (χ1n) is 8.83. The number of rotatable bonds is 4. The molecule has 0 aliphatic heterocycles. The number of aromatic nitrogens is 1. The first kappa shape index (κ1) is 19.7. The van der Waals surface area contributed by atoms with E-state index in [1.54, 1.807) is 54.6 Å². The van der Waals surface area contributed by atoms with Crippen molar-refractivity contribution in [3.63, 3.8) is 0 Å². The topological polar surface area (TPSA) is 62.5 Å². The number of para-hydroxylation sites is 1. The summed E-state index contributed by atoms with van der Waals surface area (Å²) in [6.07, 6.45) is -4.81. The lowest BCUT2D eigenvalue weighted by atomic mass is 10.1. The van der Waals surface area contributed by atoms with E-state index in [0.29, 0.717) is 28.5 Å². The molecule has 0 amide bonds. The van der Waals surface area contributed by atoms with Crippen LogP contribution in [0.1, 0.15) is 16.7 Å².